The van der Waals surface area contributed by atoms with E-state index in [0.717, 1.165) is 5.56 Å². The maximum Gasteiger partial charge on any atom is 0.238 e. The average molecular weight is 342 g/mol. The molecule has 0 aliphatic rings. The summed E-state index contributed by atoms with van der Waals surface area (Å²) >= 11 is 0. The van der Waals surface area contributed by atoms with Crippen molar-refractivity contribution in [1.29, 1.82) is 0 Å². The topological polar surface area (TPSA) is 103 Å². The molecule has 0 saturated carbocycles. The number of amides is 1. The van der Waals surface area contributed by atoms with E-state index in [1.54, 1.807) is 24.4 Å². The number of ether oxygens (including phenoxy) is 1. The van der Waals surface area contributed by atoms with E-state index in [-0.39, 0.29) is 12.3 Å². The first kappa shape index (κ1) is 16.7. The minimum absolute atomic E-state index is 0.121. The van der Waals surface area contributed by atoms with E-state index in [1.165, 1.54) is 6.26 Å². The Hall–Kier alpha value is -3.16. The highest BCUT2D eigenvalue weighted by molar-refractivity contribution is 5.76. The van der Waals surface area contributed by atoms with Crippen LogP contribution in [0.4, 0.5) is 0 Å². The number of hydrogen-bond acceptors (Lipinski definition) is 7. The number of aromatic nitrogens is 3. The van der Waals surface area contributed by atoms with Crippen LogP contribution < -0.4 is 10.1 Å². The van der Waals surface area contributed by atoms with Crippen LogP contribution >= 0.6 is 0 Å². The third-order valence-electron chi connectivity index (χ3n) is 3.38. The second-order valence-corrected chi connectivity index (χ2v) is 5.17. The molecule has 0 radical (unpaired) electrons. The SMILES string of the molecule is CCOc1ncccc1CNC(=O)CCc1nc(-c2ccco2)no1. The van der Waals surface area contributed by atoms with Crippen LogP contribution in [0.2, 0.25) is 0 Å². The van der Waals surface area contributed by atoms with Crippen LogP contribution in [0.25, 0.3) is 11.6 Å². The maximum atomic E-state index is 12.0. The Morgan fingerprint density at radius 1 is 1.32 bits per heavy atom. The summed E-state index contributed by atoms with van der Waals surface area (Å²) in [6.07, 6.45) is 3.78. The Labute approximate surface area is 144 Å². The molecule has 25 heavy (non-hydrogen) atoms. The van der Waals surface area contributed by atoms with Crippen LogP contribution in [0.1, 0.15) is 24.8 Å². The largest absolute Gasteiger partial charge is 0.478 e. The van der Waals surface area contributed by atoms with Gasteiger partial charge in [0.2, 0.25) is 23.5 Å². The molecule has 1 amide bonds. The van der Waals surface area contributed by atoms with Gasteiger partial charge in [-0.2, -0.15) is 4.98 Å². The van der Waals surface area contributed by atoms with Crippen molar-refractivity contribution in [3.63, 3.8) is 0 Å². The van der Waals surface area contributed by atoms with E-state index in [1.807, 2.05) is 13.0 Å². The molecule has 0 aliphatic heterocycles. The molecule has 3 aromatic heterocycles. The number of rotatable bonds is 8. The summed E-state index contributed by atoms with van der Waals surface area (Å²) in [5.74, 6) is 1.70. The fourth-order valence-corrected chi connectivity index (χ4v) is 2.19. The lowest BCUT2D eigenvalue weighted by molar-refractivity contribution is -0.121. The molecule has 0 atom stereocenters. The molecule has 0 bridgehead atoms. The number of nitrogens with zero attached hydrogens (tertiary/aromatic N) is 3. The van der Waals surface area contributed by atoms with E-state index in [0.29, 0.717) is 42.9 Å². The van der Waals surface area contributed by atoms with Crippen LogP contribution in [0.3, 0.4) is 0 Å². The van der Waals surface area contributed by atoms with Gasteiger partial charge in [0.25, 0.3) is 0 Å². The van der Waals surface area contributed by atoms with Crippen molar-refractivity contribution < 1.29 is 18.5 Å². The van der Waals surface area contributed by atoms with Gasteiger partial charge in [0, 0.05) is 31.1 Å². The highest BCUT2D eigenvalue weighted by Crippen LogP contribution is 2.16. The van der Waals surface area contributed by atoms with Gasteiger partial charge in [-0.3, -0.25) is 4.79 Å². The summed E-state index contributed by atoms with van der Waals surface area (Å²) in [5.41, 5.74) is 0.829. The fourth-order valence-electron chi connectivity index (χ4n) is 2.19. The Balaban J connectivity index is 1.49. The van der Waals surface area contributed by atoms with Gasteiger partial charge >= 0.3 is 0 Å². The Morgan fingerprint density at radius 2 is 2.24 bits per heavy atom. The molecule has 0 spiro atoms. The van der Waals surface area contributed by atoms with Crippen molar-refractivity contribution >= 4 is 5.91 Å². The molecule has 130 valence electrons. The van der Waals surface area contributed by atoms with Gasteiger partial charge in [0.05, 0.1) is 12.9 Å². The van der Waals surface area contributed by atoms with Gasteiger partial charge < -0.3 is 19.0 Å². The zero-order chi connectivity index (χ0) is 17.5. The number of aryl methyl sites for hydroxylation is 1. The van der Waals surface area contributed by atoms with Gasteiger partial charge in [0.1, 0.15) is 0 Å². The Morgan fingerprint density at radius 3 is 3.04 bits per heavy atom. The standard InChI is InChI=1S/C17H18N4O4/c1-2-23-17-12(5-3-9-18-17)11-19-14(22)7-8-15-20-16(21-25-15)13-6-4-10-24-13/h3-6,9-10H,2,7-8,11H2,1H3,(H,19,22). The average Bonchev–Trinajstić information content (AvgIpc) is 3.31. The molecule has 8 heteroatoms. The molecule has 3 rings (SSSR count). The number of hydrogen-bond donors (Lipinski definition) is 1. The van der Waals surface area contributed by atoms with Crippen molar-refractivity contribution in [3.8, 4) is 17.5 Å². The quantitative estimate of drug-likeness (QED) is 0.670. The lowest BCUT2D eigenvalue weighted by Gasteiger charge is -2.09. The molecule has 1 N–H and O–H groups in total. The minimum Gasteiger partial charge on any atom is -0.478 e. The molecule has 0 aromatic carbocycles. The molecule has 3 heterocycles. The summed E-state index contributed by atoms with van der Waals surface area (Å²) in [5, 5.41) is 6.66. The van der Waals surface area contributed by atoms with Gasteiger partial charge in [-0.1, -0.05) is 11.2 Å². The van der Waals surface area contributed by atoms with Crippen molar-refractivity contribution in [1.82, 2.24) is 20.4 Å². The van der Waals surface area contributed by atoms with Crippen LogP contribution in [-0.2, 0) is 17.8 Å². The van der Waals surface area contributed by atoms with E-state index in [2.05, 4.69) is 20.4 Å². The number of nitrogens with one attached hydrogen (secondary N) is 1. The number of carbonyl (C=O) groups is 1. The van der Waals surface area contributed by atoms with Crippen molar-refractivity contribution in [2.45, 2.75) is 26.3 Å². The van der Waals surface area contributed by atoms with Crippen LogP contribution in [0.5, 0.6) is 5.88 Å². The zero-order valence-corrected chi connectivity index (χ0v) is 13.8. The van der Waals surface area contributed by atoms with E-state index >= 15 is 0 Å². The van der Waals surface area contributed by atoms with Gasteiger partial charge in [-0.25, -0.2) is 4.98 Å². The predicted molar refractivity (Wildman–Crippen MR) is 87.6 cm³/mol. The third-order valence-corrected chi connectivity index (χ3v) is 3.38. The third kappa shape index (κ3) is 4.43. The highest BCUT2D eigenvalue weighted by atomic mass is 16.5. The fraction of sp³-hybridized carbons (Fsp3) is 0.294. The second-order valence-electron chi connectivity index (χ2n) is 5.17. The second kappa shape index (κ2) is 8.09. The van der Waals surface area contributed by atoms with Crippen molar-refractivity contribution in [2.24, 2.45) is 0 Å². The molecule has 0 fully saturated rings. The Bertz CT molecular complexity index is 814. The van der Waals surface area contributed by atoms with Gasteiger partial charge in [-0.05, 0) is 25.1 Å². The maximum absolute atomic E-state index is 12.0. The molecule has 0 unspecified atom stereocenters. The molecular formula is C17H18N4O4. The van der Waals surface area contributed by atoms with E-state index in [4.69, 9.17) is 13.7 Å². The molecule has 3 aromatic rings. The summed E-state index contributed by atoms with van der Waals surface area (Å²) in [6.45, 7) is 2.76. The van der Waals surface area contributed by atoms with Gasteiger partial charge in [0.15, 0.2) is 5.76 Å². The minimum atomic E-state index is -0.121. The lowest BCUT2D eigenvalue weighted by atomic mass is 10.2. The van der Waals surface area contributed by atoms with Crippen molar-refractivity contribution in [2.75, 3.05) is 6.61 Å². The molecule has 0 saturated heterocycles. The van der Waals surface area contributed by atoms with Gasteiger partial charge in [-0.15, -0.1) is 0 Å². The van der Waals surface area contributed by atoms with E-state index < -0.39 is 0 Å². The monoisotopic (exact) mass is 342 g/mol. The van der Waals surface area contributed by atoms with Crippen LogP contribution in [0.15, 0.2) is 45.7 Å². The summed E-state index contributed by atoms with van der Waals surface area (Å²) < 4.78 is 15.7. The lowest BCUT2D eigenvalue weighted by Crippen LogP contribution is -2.23. The molecule has 0 aliphatic carbocycles. The predicted octanol–water partition coefficient (Wildman–Crippen LogP) is 2.37. The van der Waals surface area contributed by atoms with Crippen molar-refractivity contribution in [3.05, 3.63) is 48.2 Å². The number of pyridine rings is 1. The normalized spacial score (nSPS) is 10.6. The summed E-state index contributed by atoms with van der Waals surface area (Å²) in [6, 6.07) is 7.16. The first-order valence-electron chi connectivity index (χ1n) is 7.96. The summed E-state index contributed by atoms with van der Waals surface area (Å²) in [4.78, 5) is 20.4. The van der Waals surface area contributed by atoms with Crippen LogP contribution in [-0.4, -0.2) is 27.6 Å². The molecular weight excluding hydrogens is 324 g/mol. The first-order chi connectivity index (χ1) is 12.3. The smallest absolute Gasteiger partial charge is 0.238 e. The van der Waals surface area contributed by atoms with E-state index in [9.17, 15) is 4.79 Å². The highest BCUT2D eigenvalue weighted by Gasteiger charge is 2.13. The number of carbonyl (C=O) groups excluding carboxylic acids is 1. The number of furan rings is 1. The van der Waals surface area contributed by atoms with Crippen LogP contribution in [0, 0.1) is 0 Å². The zero-order valence-electron chi connectivity index (χ0n) is 13.8. The Kier molecular flexibility index (Phi) is 5.40. The summed E-state index contributed by atoms with van der Waals surface area (Å²) in [7, 11) is 0. The molecule has 8 nitrogen and oxygen atoms in total. The first-order valence-corrected chi connectivity index (χ1v) is 7.96.